The highest BCUT2D eigenvalue weighted by atomic mass is 32.1. The summed E-state index contributed by atoms with van der Waals surface area (Å²) in [6.45, 7) is 2.70. The van der Waals surface area contributed by atoms with Crippen LogP contribution in [0.25, 0.3) is 5.65 Å². The van der Waals surface area contributed by atoms with Crippen LogP contribution in [0.4, 0.5) is 5.82 Å². The Morgan fingerprint density at radius 1 is 1.41 bits per heavy atom. The molecule has 6 nitrogen and oxygen atoms in total. The van der Waals surface area contributed by atoms with Crippen LogP contribution in [0.2, 0.25) is 0 Å². The van der Waals surface area contributed by atoms with Crippen molar-refractivity contribution < 1.29 is 0 Å². The lowest BCUT2D eigenvalue weighted by molar-refractivity contribution is 1.06. The molecule has 3 aromatic heterocycles. The smallest absolute Gasteiger partial charge is 0.203 e. The van der Waals surface area contributed by atoms with Crippen molar-refractivity contribution in [1.82, 2.24) is 24.6 Å². The van der Waals surface area contributed by atoms with Gasteiger partial charge in [0.25, 0.3) is 0 Å². The van der Waals surface area contributed by atoms with Crippen molar-refractivity contribution in [3.63, 3.8) is 0 Å². The third kappa shape index (κ3) is 1.84. The zero-order valence-corrected chi connectivity index (χ0v) is 9.98. The molecule has 0 unspecified atom stereocenters. The van der Waals surface area contributed by atoms with Crippen molar-refractivity contribution in [3.8, 4) is 0 Å². The molecular formula is C10H10N6S. The third-order valence-electron chi connectivity index (χ3n) is 2.48. The van der Waals surface area contributed by atoms with Gasteiger partial charge in [0.05, 0.1) is 17.7 Å². The van der Waals surface area contributed by atoms with Crippen LogP contribution in [0.15, 0.2) is 24.2 Å². The van der Waals surface area contributed by atoms with Gasteiger partial charge in [-0.2, -0.15) is 0 Å². The van der Waals surface area contributed by atoms with E-state index in [4.69, 9.17) is 0 Å². The van der Waals surface area contributed by atoms with E-state index in [1.807, 2.05) is 23.0 Å². The van der Waals surface area contributed by atoms with E-state index >= 15 is 0 Å². The fourth-order valence-electron chi connectivity index (χ4n) is 1.54. The molecule has 0 amide bonds. The Bertz CT molecular complexity index is 643. The Morgan fingerprint density at radius 2 is 2.35 bits per heavy atom. The van der Waals surface area contributed by atoms with E-state index in [2.05, 4.69) is 25.5 Å². The van der Waals surface area contributed by atoms with Gasteiger partial charge in [0, 0.05) is 17.3 Å². The highest BCUT2D eigenvalue weighted by Gasteiger charge is 2.06. The molecule has 3 aromatic rings. The van der Waals surface area contributed by atoms with Crippen LogP contribution in [0.3, 0.4) is 0 Å². The Hall–Kier alpha value is -2.02. The summed E-state index contributed by atoms with van der Waals surface area (Å²) in [5, 5.41) is 11.1. The molecule has 0 radical (unpaired) electrons. The highest BCUT2D eigenvalue weighted by Crippen LogP contribution is 2.15. The maximum Gasteiger partial charge on any atom is 0.203 e. The molecular weight excluding hydrogens is 236 g/mol. The van der Waals surface area contributed by atoms with Crippen molar-refractivity contribution in [2.45, 2.75) is 13.5 Å². The van der Waals surface area contributed by atoms with Crippen molar-refractivity contribution in [2.75, 3.05) is 5.32 Å². The number of rotatable bonds is 3. The second kappa shape index (κ2) is 4.10. The molecule has 0 saturated carbocycles. The topological polar surface area (TPSA) is 68.0 Å². The first-order valence-electron chi connectivity index (χ1n) is 5.12. The first-order valence-corrected chi connectivity index (χ1v) is 6.00. The van der Waals surface area contributed by atoms with E-state index in [1.165, 1.54) is 4.88 Å². The molecule has 0 aliphatic rings. The summed E-state index contributed by atoms with van der Waals surface area (Å²) in [7, 11) is 0. The van der Waals surface area contributed by atoms with E-state index in [9.17, 15) is 0 Å². The predicted molar refractivity (Wildman–Crippen MR) is 65.0 cm³/mol. The number of thiazole rings is 1. The van der Waals surface area contributed by atoms with Gasteiger partial charge in [0.1, 0.15) is 6.33 Å². The average Bonchev–Trinajstić information content (AvgIpc) is 2.95. The van der Waals surface area contributed by atoms with Gasteiger partial charge < -0.3 is 5.32 Å². The van der Waals surface area contributed by atoms with Gasteiger partial charge in [-0.05, 0) is 6.92 Å². The second-order valence-corrected chi connectivity index (χ2v) is 4.49. The maximum absolute atomic E-state index is 4.26. The average molecular weight is 246 g/mol. The molecule has 0 saturated heterocycles. The number of aryl methyl sites for hydroxylation is 1. The fraction of sp³-hybridized carbons (Fsp3) is 0.200. The summed E-state index contributed by atoms with van der Waals surface area (Å²) in [6, 6.07) is 0. The highest BCUT2D eigenvalue weighted by molar-refractivity contribution is 7.09. The molecule has 0 spiro atoms. The van der Waals surface area contributed by atoms with Crippen LogP contribution in [0.1, 0.15) is 10.6 Å². The first kappa shape index (κ1) is 10.2. The molecule has 1 N–H and O–H groups in total. The summed E-state index contributed by atoms with van der Waals surface area (Å²) in [4.78, 5) is 9.67. The standard InChI is InChI=1S/C10H10N6S/c1-7-8(17-6-13-7)4-12-9-10-15-14-5-16(10)3-2-11-9/h2-3,5-6H,4H2,1H3,(H,11,12). The Morgan fingerprint density at radius 3 is 3.18 bits per heavy atom. The number of aromatic nitrogens is 5. The largest absolute Gasteiger partial charge is 0.362 e. The molecule has 17 heavy (non-hydrogen) atoms. The Kier molecular flexibility index (Phi) is 2.45. The van der Waals surface area contributed by atoms with Crippen LogP contribution in [0, 0.1) is 6.92 Å². The van der Waals surface area contributed by atoms with Crippen molar-refractivity contribution in [2.24, 2.45) is 0 Å². The summed E-state index contributed by atoms with van der Waals surface area (Å²) in [5.74, 6) is 0.734. The number of hydrogen-bond acceptors (Lipinski definition) is 6. The summed E-state index contributed by atoms with van der Waals surface area (Å²) >= 11 is 1.63. The minimum absolute atomic E-state index is 0.704. The summed E-state index contributed by atoms with van der Waals surface area (Å²) in [6.07, 6.45) is 5.19. The Balaban J connectivity index is 1.86. The van der Waals surface area contributed by atoms with Gasteiger partial charge in [-0.25, -0.2) is 9.97 Å². The molecule has 0 aromatic carbocycles. The van der Waals surface area contributed by atoms with E-state index in [1.54, 1.807) is 23.9 Å². The van der Waals surface area contributed by atoms with Crippen LogP contribution >= 0.6 is 11.3 Å². The van der Waals surface area contributed by atoms with Gasteiger partial charge in [-0.1, -0.05) is 0 Å². The van der Waals surface area contributed by atoms with Gasteiger partial charge in [-0.3, -0.25) is 4.40 Å². The molecule has 3 heterocycles. The van der Waals surface area contributed by atoms with Gasteiger partial charge >= 0.3 is 0 Å². The number of fused-ring (bicyclic) bond motifs is 1. The van der Waals surface area contributed by atoms with E-state index < -0.39 is 0 Å². The normalized spacial score (nSPS) is 10.9. The summed E-state index contributed by atoms with van der Waals surface area (Å²) < 4.78 is 1.83. The van der Waals surface area contributed by atoms with Crippen LogP contribution in [0.5, 0.6) is 0 Å². The maximum atomic E-state index is 4.26. The number of anilines is 1. The van der Waals surface area contributed by atoms with Crippen molar-refractivity contribution >= 4 is 22.8 Å². The fourth-order valence-corrected chi connectivity index (χ4v) is 2.26. The quantitative estimate of drug-likeness (QED) is 0.758. The van der Waals surface area contributed by atoms with Crippen LogP contribution in [-0.2, 0) is 6.54 Å². The number of nitrogens with one attached hydrogen (secondary N) is 1. The molecule has 0 atom stereocenters. The molecule has 7 heteroatoms. The molecule has 0 fully saturated rings. The first-order chi connectivity index (χ1) is 8.34. The monoisotopic (exact) mass is 246 g/mol. The predicted octanol–water partition coefficient (Wildman–Crippen LogP) is 1.50. The van der Waals surface area contributed by atoms with E-state index in [0.29, 0.717) is 6.54 Å². The summed E-state index contributed by atoms with van der Waals surface area (Å²) in [5.41, 5.74) is 3.63. The molecule has 0 bridgehead atoms. The third-order valence-corrected chi connectivity index (χ3v) is 3.41. The van der Waals surface area contributed by atoms with Crippen LogP contribution in [-0.4, -0.2) is 24.6 Å². The Labute approximate surface area is 101 Å². The van der Waals surface area contributed by atoms with Gasteiger partial charge in [-0.15, -0.1) is 21.5 Å². The van der Waals surface area contributed by atoms with E-state index in [-0.39, 0.29) is 0 Å². The van der Waals surface area contributed by atoms with E-state index in [0.717, 1.165) is 17.2 Å². The lowest BCUT2D eigenvalue weighted by atomic mass is 10.4. The van der Waals surface area contributed by atoms with Crippen LogP contribution < -0.4 is 5.32 Å². The number of hydrogen-bond donors (Lipinski definition) is 1. The molecule has 0 aliphatic carbocycles. The lowest BCUT2D eigenvalue weighted by Crippen LogP contribution is -2.03. The molecule has 0 aliphatic heterocycles. The lowest BCUT2D eigenvalue weighted by Gasteiger charge is -2.04. The van der Waals surface area contributed by atoms with Gasteiger partial charge in [0.2, 0.25) is 5.65 Å². The van der Waals surface area contributed by atoms with Gasteiger partial charge in [0.15, 0.2) is 5.82 Å². The SMILES string of the molecule is Cc1ncsc1CNc1nccn2cnnc12. The number of nitrogens with zero attached hydrogens (tertiary/aromatic N) is 5. The minimum atomic E-state index is 0.704. The van der Waals surface area contributed by atoms with Crippen molar-refractivity contribution in [3.05, 3.63) is 34.8 Å². The second-order valence-electron chi connectivity index (χ2n) is 3.55. The minimum Gasteiger partial charge on any atom is -0.362 e. The zero-order valence-electron chi connectivity index (χ0n) is 9.16. The van der Waals surface area contributed by atoms with Crippen molar-refractivity contribution in [1.29, 1.82) is 0 Å². The molecule has 3 rings (SSSR count). The molecule has 86 valence electrons. The zero-order chi connectivity index (χ0) is 11.7.